The summed E-state index contributed by atoms with van der Waals surface area (Å²) in [5, 5.41) is 11.9. The number of urea groups is 1. The van der Waals surface area contributed by atoms with Crippen LogP contribution in [0.3, 0.4) is 0 Å². The molecule has 28 heavy (non-hydrogen) atoms. The van der Waals surface area contributed by atoms with E-state index in [-0.39, 0.29) is 29.8 Å². The summed E-state index contributed by atoms with van der Waals surface area (Å²) in [6.45, 7) is 4.88. The van der Waals surface area contributed by atoms with Gasteiger partial charge in [0.15, 0.2) is 0 Å². The summed E-state index contributed by atoms with van der Waals surface area (Å²) in [4.78, 5) is 24.4. The Morgan fingerprint density at radius 1 is 0.929 bits per heavy atom. The summed E-state index contributed by atoms with van der Waals surface area (Å²) < 4.78 is 0. The predicted octanol–water partition coefficient (Wildman–Crippen LogP) is 3.87. The Kier molecular flexibility index (Phi) is 7.84. The normalized spacial score (nSPS) is 15.0. The van der Waals surface area contributed by atoms with Crippen LogP contribution in [0.2, 0.25) is 0 Å². The smallest absolute Gasteiger partial charge is 0.323 e. The molecule has 0 saturated carbocycles. The topological polar surface area (TPSA) is 82.3 Å². The van der Waals surface area contributed by atoms with Gasteiger partial charge in [-0.15, -0.1) is 12.4 Å². The predicted molar refractivity (Wildman–Crippen MR) is 115 cm³/mol. The third-order valence-electron chi connectivity index (χ3n) is 4.92. The fourth-order valence-corrected chi connectivity index (χ4v) is 3.12. The molecular weight excluding hydrogens is 376 g/mol. The van der Waals surface area contributed by atoms with E-state index < -0.39 is 0 Å². The lowest BCUT2D eigenvalue weighted by Crippen LogP contribution is -2.42. The summed E-state index contributed by atoms with van der Waals surface area (Å²) >= 11 is 0. The molecule has 0 atom stereocenters. The molecule has 3 amide bonds. The van der Waals surface area contributed by atoms with Gasteiger partial charge in [0, 0.05) is 23.5 Å². The molecule has 1 heterocycles. The third kappa shape index (κ3) is 6.25. The van der Waals surface area contributed by atoms with E-state index in [2.05, 4.69) is 28.2 Å². The summed E-state index contributed by atoms with van der Waals surface area (Å²) in [5.74, 6) is -0.0879. The lowest BCUT2D eigenvalue weighted by atomic mass is 9.81. The van der Waals surface area contributed by atoms with Crippen molar-refractivity contribution in [3.63, 3.8) is 0 Å². The van der Waals surface area contributed by atoms with Crippen molar-refractivity contribution in [1.82, 2.24) is 10.6 Å². The largest absolute Gasteiger partial charge is 0.351 e. The van der Waals surface area contributed by atoms with Crippen LogP contribution in [0.5, 0.6) is 0 Å². The number of piperidine rings is 1. The van der Waals surface area contributed by atoms with Gasteiger partial charge in [-0.1, -0.05) is 25.1 Å². The monoisotopic (exact) mass is 402 g/mol. The number of benzene rings is 2. The van der Waals surface area contributed by atoms with Crippen LogP contribution >= 0.6 is 12.4 Å². The van der Waals surface area contributed by atoms with Crippen molar-refractivity contribution in [2.45, 2.75) is 19.8 Å². The van der Waals surface area contributed by atoms with Gasteiger partial charge in [0.25, 0.3) is 5.91 Å². The van der Waals surface area contributed by atoms with Crippen LogP contribution in [0, 0.1) is 5.41 Å². The molecule has 0 bridgehead atoms. The standard InChI is InChI=1S/C21H26N4O2.ClH/c1-21(11-13-22-14-12-21)15-23-19(26)16-7-9-18(10-8-16)25-20(27)24-17-5-3-2-4-6-17;/h2-10,22H,11-15H2,1H3,(H,23,26)(H2,24,25,27);1H. The van der Waals surface area contributed by atoms with Gasteiger partial charge in [-0.3, -0.25) is 4.79 Å². The first-order chi connectivity index (χ1) is 13.0. The average Bonchev–Trinajstić information content (AvgIpc) is 2.68. The molecular formula is C21H27ClN4O2. The number of para-hydroxylation sites is 1. The van der Waals surface area contributed by atoms with E-state index in [9.17, 15) is 9.59 Å². The average molecular weight is 403 g/mol. The summed E-state index contributed by atoms with van der Waals surface area (Å²) in [5.41, 5.74) is 2.09. The van der Waals surface area contributed by atoms with Crippen LogP contribution in [-0.2, 0) is 0 Å². The Morgan fingerprint density at radius 3 is 2.11 bits per heavy atom. The van der Waals surface area contributed by atoms with Crippen LogP contribution in [0.25, 0.3) is 0 Å². The summed E-state index contributed by atoms with van der Waals surface area (Å²) in [6.07, 6.45) is 2.12. The van der Waals surface area contributed by atoms with Gasteiger partial charge in [0.1, 0.15) is 0 Å². The van der Waals surface area contributed by atoms with E-state index in [0.717, 1.165) is 31.6 Å². The van der Waals surface area contributed by atoms with Crippen LogP contribution in [0.1, 0.15) is 30.1 Å². The molecule has 3 rings (SSSR count). The first-order valence-corrected chi connectivity index (χ1v) is 9.26. The number of amides is 3. The second-order valence-corrected chi connectivity index (χ2v) is 7.27. The van der Waals surface area contributed by atoms with Crippen LogP contribution in [0.15, 0.2) is 54.6 Å². The minimum absolute atomic E-state index is 0. The molecule has 0 aromatic heterocycles. The summed E-state index contributed by atoms with van der Waals surface area (Å²) in [7, 11) is 0. The zero-order chi connectivity index (χ0) is 19.1. The molecule has 0 aliphatic carbocycles. The van der Waals surface area contributed by atoms with Gasteiger partial charge in [-0.2, -0.15) is 0 Å². The van der Waals surface area contributed by atoms with E-state index >= 15 is 0 Å². The highest BCUT2D eigenvalue weighted by molar-refractivity contribution is 6.00. The van der Waals surface area contributed by atoms with Crippen LogP contribution in [-0.4, -0.2) is 31.6 Å². The summed E-state index contributed by atoms with van der Waals surface area (Å²) in [6, 6.07) is 15.8. The Morgan fingerprint density at radius 2 is 1.50 bits per heavy atom. The number of halogens is 1. The van der Waals surface area contributed by atoms with Crippen molar-refractivity contribution in [2.75, 3.05) is 30.3 Å². The van der Waals surface area contributed by atoms with Gasteiger partial charge in [-0.05, 0) is 67.7 Å². The van der Waals surface area contributed by atoms with Crippen LogP contribution < -0.4 is 21.3 Å². The minimum Gasteiger partial charge on any atom is -0.351 e. The molecule has 7 heteroatoms. The first kappa shape index (κ1) is 21.7. The highest BCUT2D eigenvalue weighted by Gasteiger charge is 2.27. The van der Waals surface area contributed by atoms with Gasteiger partial charge >= 0.3 is 6.03 Å². The van der Waals surface area contributed by atoms with Crippen molar-refractivity contribution < 1.29 is 9.59 Å². The van der Waals surface area contributed by atoms with Crippen molar-refractivity contribution in [1.29, 1.82) is 0 Å². The number of carbonyl (C=O) groups excluding carboxylic acids is 2. The molecule has 0 radical (unpaired) electrons. The molecule has 2 aromatic carbocycles. The van der Waals surface area contributed by atoms with Gasteiger partial charge in [0.05, 0.1) is 0 Å². The maximum atomic E-state index is 12.4. The fourth-order valence-electron chi connectivity index (χ4n) is 3.12. The van der Waals surface area contributed by atoms with Gasteiger partial charge in [-0.25, -0.2) is 4.79 Å². The highest BCUT2D eigenvalue weighted by atomic mass is 35.5. The van der Waals surface area contributed by atoms with Crippen LogP contribution in [0.4, 0.5) is 16.2 Å². The SMILES string of the molecule is CC1(CNC(=O)c2ccc(NC(=O)Nc3ccccc3)cc2)CCNCC1.Cl. The number of rotatable bonds is 5. The molecule has 1 fully saturated rings. The number of hydrogen-bond acceptors (Lipinski definition) is 3. The van der Waals surface area contributed by atoms with E-state index in [0.29, 0.717) is 17.8 Å². The number of carbonyl (C=O) groups is 2. The Labute approximate surface area is 171 Å². The Hall–Kier alpha value is -2.57. The minimum atomic E-state index is -0.322. The Balaban J connectivity index is 0.00000280. The number of anilines is 2. The molecule has 6 nitrogen and oxygen atoms in total. The third-order valence-corrected chi connectivity index (χ3v) is 4.92. The maximum absolute atomic E-state index is 12.4. The first-order valence-electron chi connectivity index (χ1n) is 9.26. The molecule has 0 unspecified atom stereocenters. The van der Waals surface area contributed by atoms with E-state index in [1.807, 2.05) is 30.3 Å². The van der Waals surface area contributed by atoms with Crippen molar-refractivity contribution in [2.24, 2.45) is 5.41 Å². The molecule has 4 N–H and O–H groups in total. The van der Waals surface area contributed by atoms with E-state index in [1.165, 1.54) is 0 Å². The molecule has 1 aliphatic heterocycles. The second-order valence-electron chi connectivity index (χ2n) is 7.27. The zero-order valence-electron chi connectivity index (χ0n) is 16.0. The molecule has 1 aliphatic rings. The van der Waals surface area contributed by atoms with E-state index in [4.69, 9.17) is 0 Å². The molecule has 2 aromatic rings. The van der Waals surface area contributed by atoms with Gasteiger partial charge < -0.3 is 21.3 Å². The zero-order valence-corrected chi connectivity index (χ0v) is 16.8. The fraction of sp³-hybridized carbons (Fsp3) is 0.333. The quantitative estimate of drug-likeness (QED) is 0.612. The van der Waals surface area contributed by atoms with Crippen molar-refractivity contribution in [3.8, 4) is 0 Å². The second kappa shape index (κ2) is 10.1. The lowest BCUT2D eigenvalue weighted by molar-refractivity contribution is 0.0922. The maximum Gasteiger partial charge on any atom is 0.323 e. The number of nitrogens with one attached hydrogen (secondary N) is 4. The lowest BCUT2D eigenvalue weighted by Gasteiger charge is -2.34. The highest BCUT2D eigenvalue weighted by Crippen LogP contribution is 2.26. The molecule has 1 saturated heterocycles. The molecule has 0 spiro atoms. The van der Waals surface area contributed by atoms with Gasteiger partial charge in [0.2, 0.25) is 0 Å². The Bertz CT molecular complexity index is 775. The molecule has 150 valence electrons. The van der Waals surface area contributed by atoms with Crippen molar-refractivity contribution >= 4 is 35.7 Å². The van der Waals surface area contributed by atoms with Crippen molar-refractivity contribution in [3.05, 3.63) is 60.2 Å². The van der Waals surface area contributed by atoms with E-state index in [1.54, 1.807) is 24.3 Å². The number of hydrogen-bond donors (Lipinski definition) is 4.